The summed E-state index contributed by atoms with van der Waals surface area (Å²) in [7, 11) is 0. The molecule has 0 heterocycles. The minimum Gasteiger partial charge on any atom is -0.394 e. The summed E-state index contributed by atoms with van der Waals surface area (Å²) in [5.41, 5.74) is 0. The second kappa shape index (κ2) is 40.0. The van der Waals surface area contributed by atoms with Gasteiger partial charge < -0.3 is 15.5 Å². The van der Waals surface area contributed by atoms with Crippen LogP contribution in [-0.2, 0) is 4.79 Å². The van der Waals surface area contributed by atoms with E-state index >= 15 is 0 Å². The van der Waals surface area contributed by atoms with Gasteiger partial charge in [-0.25, -0.2) is 0 Å². The first-order valence-electron chi connectivity index (χ1n) is 21.2. The van der Waals surface area contributed by atoms with Crippen molar-refractivity contribution in [1.82, 2.24) is 5.32 Å². The number of hydrogen-bond acceptors (Lipinski definition) is 3. The third-order valence-electron chi connectivity index (χ3n) is 9.62. The van der Waals surface area contributed by atoms with Gasteiger partial charge in [0.05, 0.1) is 18.8 Å². The maximum atomic E-state index is 12.3. The van der Waals surface area contributed by atoms with Crippen LogP contribution < -0.4 is 5.32 Å². The van der Waals surface area contributed by atoms with E-state index in [1.807, 2.05) is 6.08 Å². The van der Waals surface area contributed by atoms with Crippen LogP contribution in [0.3, 0.4) is 0 Å². The van der Waals surface area contributed by atoms with E-state index in [0.717, 1.165) is 44.9 Å². The normalized spacial score (nSPS) is 13.3. The molecule has 3 N–H and O–H groups in total. The average molecular weight is 674 g/mol. The Bertz CT molecular complexity index is 731. The molecule has 4 nitrogen and oxygen atoms in total. The summed E-state index contributed by atoms with van der Waals surface area (Å²) >= 11 is 0. The van der Waals surface area contributed by atoms with Crippen LogP contribution in [-0.4, -0.2) is 34.9 Å². The SMILES string of the molecule is CC/C=C/CC/C=C/CC/C=C/C(O)C(CO)NC(=O)CCCCCCCCCCCCCCCCCCCCCCCCCCCC. The van der Waals surface area contributed by atoms with Gasteiger partial charge in [0.1, 0.15) is 0 Å². The van der Waals surface area contributed by atoms with Gasteiger partial charge >= 0.3 is 0 Å². The molecule has 0 fully saturated rings. The molecule has 48 heavy (non-hydrogen) atoms. The molecule has 0 aromatic heterocycles. The minimum absolute atomic E-state index is 0.0779. The Hall–Kier alpha value is -1.39. The van der Waals surface area contributed by atoms with Gasteiger partial charge in [-0.1, -0.05) is 211 Å². The van der Waals surface area contributed by atoms with Crippen LogP contribution >= 0.6 is 0 Å². The molecule has 0 aromatic carbocycles. The van der Waals surface area contributed by atoms with Crippen molar-refractivity contribution in [3.8, 4) is 0 Å². The predicted molar refractivity (Wildman–Crippen MR) is 212 cm³/mol. The summed E-state index contributed by atoms with van der Waals surface area (Å²) in [4.78, 5) is 12.3. The number of nitrogens with one attached hydrogen (secondary N) is 1. The van der Waals surface area contributed by atoms with E-state index in [4.69, 9.17) is 0 Å². The van der Waals surface area contributed by atoms with Crippen LogP contribution in [0.25, 0.3) is 0 Å². The van der Waals surface area contributed by atoms with Gasteiger partial charge in [0, 0.05) is 6.42 Å². The summed E-state index contributed by atoms with van der Waals surface area (Å²) in [6, 6.07) is -0.640. The largest absolute Gasteiger partial charge is 0.394 e. The predicted octanol–water partition coefficient (Wildman–Crippen LogP) is 13.0. The molecule has 0 rings (SSSR count). The van der Waals surface area contributed by atoms with Gasteiger partial charge in [-0.2, -0.15) is 0 Å². The molecule has 4 heteroatoms. The fourth-order valence-electron chi connectivity index (χ4n) is 6.39. The van der Waals surface area contributed by atoms with Crippen molar-refractivity contribution in [3.63, 3.8) is 0 Å². The zero-order valence-electron chi connectivity index (χ0n) is 32.3. The second-order valence-electron chi connectivity index (χ2n) is 14.4. The van der Waals surface area contributed by atoms with E-state index in [2.05, 4.69) is 43.5 Å². The summed E-state index contributed by atoms with van der Waals surface area (Å²) in [6.45, 7) is 4.18. The number of unbranched alkanes of at least 4 members (excludes halogenated alkanes) is 27. The molecule has 0 saturated carbocycles. The molecule has 0 bridgehead atoms. The Morgan fingerprint density at radius 1 is 0.500 bits per heavy atom. The monoisotopic (exact) mass is 674 g/mol. The smallest absolute Gasteiger partial charge is 0.220 e. The molecule has 0 spiro atoms. The second-order valence-corrected chi connectivity index (χ2v) is 14.4. The topological polar surface area (TPSA) is 69.6 Å². The van der Waals surface area contributed by atoms with Gasteiger partial charge in [-0.3, -0.25) is 4.79 Å². The van der Waals surface area contributed by atoms with Crippen molar-refractivity contribution >= 4 is 5.91 Å². The Morgan fingerprint density at radius 3 is 1.19 bits per heavy atom. The first kappa shape index (κ1) is 46.6. The number of rotatable bonds is 38. The summed E-state index contributed by atoms with van der Waals surface area (Å²) in [6.07, 6.45) is 52.7. The molecule has 2 atom stereocenters. The lowest BCUT2D eigenvalue weighted by Crippen LogP contribution is -2.45. The molecule has 0 aliphatic rings. The Labute approximate surface area is 300 Å². The molecule has 0 saturated heterocycles. The van der Waals surface area contributed by atoms with Gasteiger partial charge in [0.2, 0.25) is 5.91 Å². The fraction of sp³-hybridized carbons (Fsp3) is 0.841. The molecule has 1 amide bonds. The first-order chi connectivity index (χ1) is 23.7. The van der Waals surface area contributed by atoms with Crippen LogP contribution in [0.15, 0.2) is 36.5 Å². The molecule has 0 aliphatic carbocycles. The molecular formula is C44H83NO3. The quantitative estimate of drug-likeness (QED) is 0.0451. The van der Waals surface area contributed by atoms with Gasteiger partial charge in [-0.15, -0.1) is 0 Å². The van der Waals surface area contributed by atoms with E-state index in [0.29, 0.717) is 6.42 Å². The molecule has 0 radical (unpaired) electrons. The van der Waals surface area contributed by atoms with E-state index < -0.39 is 12.1 Å². The minimum atomic E-state index is -0.865. The highest BCUT2D eigenvalue weighted by atomic mass is 16.3. The Morgan fingerprint density at radius 2 is 0.833 bits per heavy atom. The lowest BCUT2D eigenvalue weighted by molar-refractivity contribution is -0.123. The number of hydrogen-bond donors (Lipinski definition) is 3. The molecule has 2 unspecified atom stereocenters. The number of allylic oxidation sites excluding steroid dienone is 5. The molecule has 0 aliphatic heterocycles. The highest BCUT2D eigenvalue weighted by Gasteiger charge is 2.17. The lowest BCUT2D eigenvalue weighted by atomic mass is 10.0. The van der Waals surface area contributed by atoms with E-state index in [-0.39, 0.29) is 12.5 Å². The number of carbonyl (C=O) groups is 1. The number of aliphatic hydroxyl groups is 2. The van der Waals surface area contributed by atoms with Gasteiger partial charge in [0.25, 0.3) is 0 Å². The highest BCUT2D eigenvalue weighted by molar-refractivity contribution is 5.76. The Balaban J connectivity index is 3.46. The van der Waals surface area contributed by atoms with Crippen LogP contribution in [0.1, 0.15) is 219 Å². The van der Waals surface area contributed by atoms with Crippen LogP contribution in [0.5, 0.6) is 0 Å². The van der Waals surface area contributed by atoms with Crippen molar-refractivity contribution in [3.05, 3.63) is 36.5 Å². The fourth-order valence-corrected chi connectivity index (χ4v) is 6.39. The number of amides is 1. The van der Waals surface area contributed by atoms with Crippen molar-refractivity contribution in [2.24, 2.45) is 0 Å². The van der Waals surface area contributed by atoms with E-state index in [9.17, 15) is 15.0 Å². The molecular weight excluding hydrogens is 590 g/mol. The first-order valence-corrected chi connectivity index (χ1v) is 21.2. The summed E-state index contributed by atoms with van der Waals surface area (Å²) in [5.74, 6) is -0.0779. The third kappa shape index (κ3) is 35.9. The summed E-state index contributed by atoms with van der Waals surface area (Å²) in [5, 5.41) is 22.8. The van der Waals surface area contributed by atoms with Crippen LogP contribution in [0, 0.1) is 0 Å². The highest BCUT2D eigenvalue weighted by Crippen LogP contribution is 2.16. The third-order valence-corrected chi connectivity index (χ3v) is 9.62. The van der Waals surface area contributed by atoms with Crippen LogP contribution in [0.4, 0.5) is 0 Å². The zero-order valence-corrected chi connectivity index (χ0v) is 32.3. The lowest BCUT2D eigenvalue weighted by Gasteiger charge is -2.19. The van der Waals surface area contributed by atoms with Gasteiger partial charge in [-0.05, 0) is 38.5 Å². The van der Waals surface area contributed by atoms with Crippen molar-refractivity contribution < 1.29 is 15.0 Å². The Kier molecular flexibility index (Phi) is 38.9. The summed E-state index contributed by atoms with van der Waals surface area (Å²) < 4.78 is 0. The maximum Gasteiger partial charge on any atom is 0.220 e. The van der Waals surface area contributed by atoms with Crippen molar-refractivity contribution in [2.75, 3.05) is 6.61 Å². The van der Waals surface area contributed by atoms with Crippen molar-refractivity contribution in [1.29, 1.82) is 0 Å². The standard InChI is InChI=1S/C44H83NO3/c1-3-5-7-9-11-13-15-16-17-18-19-20-21-22-23-24-25-26-27-28-29-30-32-34-36-38-40-44(48)45-42(41-46)43(47)39-37-35-33-31-14-12-10-8-6-4-2/h6,8,14,31,37,39,42-43,46-47H,3-5,7,9-13,15-30,32-36,38,40-41H2,1-2H3,(H,45,48)/b8-6+,31-14+,39-37+. The van der Waals surface area contributed by atoms with Crippen molar-refractivity contribution in [2.45, 2.75) is 231 Å². The van der Waals surface area contributed by atoms with E-state index in [1.165, 1.54) is 154 Å². The average Bonchev–Trinajstić information content (AvgIpc) is 3.09. The van der Waals surface area contributed by atoms with Crippen LogP contribution in [0.2, 0.25) is 0 Å². The molecule has 0 aromatic rings. The van der Waals surface area contributed by atoms with Gasteiger partial charge in [0.15, 0.2) is 0 Å². The maximum absolute atomic E-state index is 12.3. The molecule has 282 valence electrons. The zero-order chi connectivity index (χ0) is 35.0. The van der Waals surface area contributed by atoms with E-state index in [1.54, 1.807) is 6.08 Å². The number of aliphatic hydroxyl groups excluding tert-OH is 2. The number of carbonyl (C=O) groups excluding carboxylic acids is 1.